The average Bonchev–Trinajstić information content (AvgIpc) is 3.09. The maximum Gasteiger partial charge on any atom is 0.250 e. The standard InChI is InChI=1S/C20H22Cl2N2O3/c21-16-5-6-18(22)15(11-16)12-20(26)24(27)10-7-14-3-1-2-4-19(14)23-9-8-17(25)13-23/h1-6,11,17,25,27H,7-10,12-13H2/t17-/m0/s1. The van der Waals surface area contributed by atoms with Gasteiger partial charge in [0, 0.05) is 28.8 Å². The van der Waals surface area contributed by atoms with Crippen LogP contribution in [0, 0.1) is 0 Å². The van der Waals surface area contributed by atoms with Crippen LogP contribution < -0.4 is 4.90 Å². The molecule has 1 atom stereocenters. The molecular formula is C20H22Cl2N2O3. The van der Waals surface area contributed by atoms with Crippen LogP contribution in [0.1, 0.15) is 17.5 Å². The van der Waals surface area contributed by atoms with E-state index in [1.165, 1.54) is 0 Å². The monoisotopic (exact) mass is 408 g/mol. The van der Waals surface area contributed by atoms with Crippen molar-refractivity contribution in [1.29, 1.82) is 0 Å². The van der Waals surface area contributed by atoms with Crippen molar-refractivity contribution < 1.29 is 15.1 Å². The molecule has 0 radical (unpaired) electrons. The van der Waals surface area contributed by atoms with Gasteiger partial charge in [-0.05, 0) is 48.2 Å². The summed E-state index contributed by atoms with van der Waals surface area (Å²) in [5.74, 6) is -0.437. The van der Waals surface area contributed by atoms with Gasteiger partial charge in [0.2, 0.25) is 5.91 Å². The molecule has 5 nitrogen and oxygen atoms in total. The molecule has 1 amide bonds. The molecule has 1 aliphatic heterocycles. The largest absolute Gasteiger partial charge is 0.391 e. The first-order valence-corrected chi connectivity index (χ1v) is 9.63. The second-order valence-corrected chi connectivity index (χ2v) is 7.54. The number of hydrogen-bond acceptors (Lipinski definition) is 4. The Balaban J connectivity index is 1.61. The molecule has 7 heteroatoms. The van der Waals surface area contributed by atoms with Crippen molar-refractivity contribution in [1.82, 2.24) is 5.06 Å². The van der Waals surface area contributed by atoms with Crippen LogP contribution in [-0.2, 0) is 17.6 Å². The summed E-state index contributed by atoms with van der Waals surface area (Å²) in [6.45, 7) is 1.57. The van der Waals surface area contributed by atoms with Gasteiger partial charge in [-0.15, -0.1) is 0 Å². The fourth-order valence-electron chi connectivity index (χ4n) is 3.28. The number of anilines is 1. The Kier molecular flexibility index (Phi) is 6.60. The number of aliphatic hydroxyl groups is 1. The molecule has 144 valence electrons. The molecule has 3 rings (SSSR count). The molecule has 2 N–H and O–H groups in total. The molecular weight excluding hydrogens is 387 g/mol. The number of halogens is 2. The lowest BCUT2D eigenvalue weighted by Gasteiger charge is -2.22. The first-order valence-electron chi connectivity index (χ1n) is 8.88. The zero-order valence-electron chi connectivity index (χ0n) is 14.8. The molecule has 0 aromatic heterocycles. The van der Waals surface area contributed by atoms with E-state index in [4.69, 9.17) is 23.2 Å². The lowest BCUT2D eigenvalue weighted by molar-refractivity contribution is -0.164. The number of benzene rings is 2. The zero-order valence-corrected chi connectivity index (χ0v) is 16.3. The van der Waals surface area contributed by atoms with Crippen LogP contribution in [0.4, 0.5) is 5.69 Å². The minimum Gasteiger partial charge on any atom is -0.391 e. The Morgan fingerprint density at radius 1 is 1.19 bits per heavy atom. The van der Waals surface area contributed by atoms with Gasteiger partial charge in [-0.3, -0.25) is 10.0 Å². The van der Waals surface area contributed by atoms with E-state index in [0.29, 0.717) is 28.6 Å². The molecule has 2 aromatic carbocycles. The number of carbonyl (C=O) groups excluding carboxylic acids is 1. The molecule has 0 saturated carbocycles. The van der Waals surface area contributed by atoms with E-state index < -0.39 is 5.91 Å². The maximum atomic E-state index is 12.3. The van der Waals surface area contributed by atoms with Gasteiger partial charge in [-0.25, -0.2) is 5.06 Å². The third kappa shape index (κ3) is 5.14. The van der Waals surface area contributed by atoms with Crippen LogP contribution >= 0.6 is 23.2 Å². The quantitative estimate of drug-likeness (QED) is 0.566. The number of nitrogens with zero attached hydrogens (tertiary/aromatic N) is 2. The summed E-state index contributed by atoms with van der Waals surface area (Å²) in [6, 6.07) is 12.8. The number of amides is 1. The van der Waals surface area contributed by atoms with Crippen molar-refractivity contribution in [3.63, 3.8) is 0 Å². The van der Waals surface area contributed by atoms with Gasteiger partial charge in [-0.1, -0.05) is 41.4 Å². The minimum atomic E-state index is -0.437. The number of β-amino-alcohol motifs (C(OH)–C–C–N with tert-alkyl or cyclic N) is 1. The number of hydroxylamine groups is 2. The summed E-state index contributed by atoms with van der Waals surface area (Å²) in [5, 5.41) is 21.6. The average molecular weight is 409 g/mol. The summed E-state index contributed by atoms with van der Waals surface area (Å²) in [5.41, 5.74) is 2.65. The molecule has 27 heavy (non-hydrogen) atoms. The van der Waals surface area contributed by atoms with E-state index in [2.05, 4.69) is 4.90 Å². The van der Waals surface area contributed by atoms with Gasteiger partial charge in [0.1, 0.15) is 0 Å². The molecule has 1 heterocycles. The molecule has 1 saturated heterocycles. The second-order valence-electron chi connectivity index (χ2n) is 6.70. The SMILES string of the molecule is O=C(Cc1cc(Cl)ccc1Cl)N(O)CCc1ccccc1N1CC[C@H](O)C1. The van der Waals surface area contributed by atoms with Crippen molar-refractivity contribution in [3.8, 4) is 0 Å². The van der Waals surface area contributed by atoms with Crippen molar-refractivity contribution in [2.75, 3.05) is 24.5 Å². The summed E-state index contributed by atoms with van der Waals surface area (Å²) in [7, 11) is 0. The number of para-hydroxylation sites is 1. The normalized spacial score (nSPS) is 16.6. The molecule has 0 unspecified atom stereocenters. The van der Waals surface area contributed by atoms with Crippen LogP contribution in [-0.4, -0.2) is 47.0 Å². The van der Waals surface area contributed by atoms with Crippen molar-refractivity contribution >= 4 is 34.8 Å². The summed E-state index contributed by atoms with van der Waals surface area (Å²) >= 11 is 12.0. The lowest BCUT2D eigenvalue weighted by Crippen LogP contribution is -2.31. The van der Waals surface area contributed by atoms with Gasteiger partial charge < -0.3 is 10.0 Å². The number of aliphatic hydroxyl groups excluding tert-OH is 1. The number of carbonyl (C=O) groups is 1. The molecule has 0 spiro atoms. The molecule has 1 fully saturated rings. The van der Waals surface area contributed by atoms with Crippen LogP contribution in [0.25, 0.3) is 0 Å². The second kappa shape index (κ2) is 8.93. The van der Waals surface area contributed by atoms with E-state index in [1.807, 2.05) is 24.3 Å². The Morgan fingerprint density at radius 3 is 2.70 bits per heavy atom. The van der Waals surface area contributed by atoms with Crippen LogP contribution in [0.3, 0.4) is 0 Å². The van der Waals surface area contributed by atoms with Crippen LogP contribution in [0.15, 0.2) is 42.5 Å². The third-order valence-corrected chi connectivity index (χ3v) is 5.33. The highest BCUT2D eigenvalue weighted by Crippen LogP contribution is 2.25. The van der Waals surface area contributed by atoms with E-state index in [0.717, 1.165) is 29.3 Å². The molecule has 1 aliphatic rings. The summed E-state index contributed by atoms with van der Waals surface area (Å²) in [6.07, 6.45) is 0.931. The highest BCUT2D eigenvalue weighted by atomic mass is 35.5. The first kappa shape index (κ1) is 20.0. The van der Waals surface area contributed by atoms with Crippen molar-refractivity contribution in [2.24, 2.45) is 0 Å². The van der Waals surface area contributed by atoms with Gasteiger partial charge in [-0.2, -0.15) is 0 Å². The predicted molar refractivity (Wildman–Crippen MR) is 107 cm³/mol. The van der Waals surface area contributed by atoms with E-state index in [1.54, 1.807) is 18.2 Å². The van der Waals surface area contributed by atoms with E-state index in [9.17, 15) is 15.1 Å². The lowest BCUT2D eigenvalue weighted by atomic mass is 10.1. The highest BCUT2D eigenvalue weighted by molar-refractivity contribution is 6.33. The Morgan fingerprint density at radius 2 is 1.96 bits per heavy atom. The Labute approximate surface area is 168 Å². The fraction of sp³-hybridized carbons (Fsp3) is 0.350. The van der Waals surface area contributed by atoms with Gasteiger partial charge in [0.25, 0.3) is 0 Å². The minimum absolute atomic E-state index is 0.0180. The van der Waals surface area contributed by atoms with Crippen molar-refractivity contribution in [2.45, 2.75) is 25.4 Å². The van der Waals surface area contributed by atoms with Gasteiger partial charge in [0.05, 0.1) is 19.1 Å². The Bertz CT molecular complexity index is 816. The van der Waals surface area contributed by atoms with Crippen LogP contribution in [0.2, 0.25) is 10.0 Å². The molecule has 0 aliphatic carbocycles. The van der Waals surface area contributed by atoms with Crippen molar-refractivity contribution in [3.05, 3.63) is 63.6 Å². The number of hydrogen-bond donors (Lipinski definition) is 2. The van der Waals surface area contributed by atoms with Gasteiger partial charge in [0.15, 0.2) is 0 Å². The van der Waals surface area contributed by atoms with E-state index in [-0.39, 0.29) is 19.1 Å². The number of rotatable bonds is 6. The van der Waals surface area contributed by atoms with Gasteiger partial charge >= 0.3 is 0 Å². The fourth-order valence-corrected chi connectivity index (χ4v) is 3.65. The van der Waals surface area contributed by atoms with E-state index >= 15 is 0 Å². The topological polar surface area (TPSA) is 64.0 Å². The first-order chi connectivity index (χ1) is 12.9. The molecule has 0 bridgehead atoms. The summed E-state index contributed by atoms with van der Waals surface area (Å²) in [4.78, 5) is 14.4. The third-order valence-electron chi connectivity index (χ3n) is 4.73. The smallest absolute Gasteiger partial charge is 0.250 e. The van der Waals surface area contributed by atoms with Crippen LogP contribution in [0.5, 0.6) is 0 Å². The Hall–Kier alpha value is -1.79. The zero-order chi connectivity index (χ0) is 19.4. The summed E-state index contributed by atoms with van der Waals surface area (Å²) < 4.78 is 0. The predicted octanol–water partition coefficient (Wildman–Crippen LogP) is 3.57. The maximum absolute atomic E-state index is 12.3. The highest BCUT2D eigenvalue weighted by Gasteiger charge is 2.22. The molecule has 2 aromatic rings.